The van der Waals surface area contributed by atoms with Crippen molar-refractivity contribution in [2.45, 2.75) is 31.4 Å². The molecule has 0 aromatic rings. The molecular weight excluding hydrogens is 218 g/mol. The van der Waals surface area contributed by atoms with Gasteiger partial charge in [0.1, 0.15) is 6.10 Å². The lowest BCUT2D eigenvalue weighted by atomic mass is 10.2. The minimum absolute atomic E-state index is 0.302. The highest BCUT2D eigenvalue weighted by Gasteiger charge is 2.31. The second-order valence-corrected chi connectivity index (χ2v) is 5.39. The van der Waals surface area contributed by atoms with Gasteiger partial charge in [-0.25, -0.2) is 17.9 Å². The molecule has 0 radical (unpaired) electrons. The first kappa shape index (κ1) is 12.2. The zero-order valence-corrected chi connectivity index (χ0v) is 9.42. The van der Waals surface area contributed by atoms with Gasteiger partial charge in [0.15, 0.2) is 0 Å². The van der Waals surface area contributed by atoms with Gasteiger partial charge >= 0.3 is 5.97 Å². The van der Waals surface area contributed by atoms with E-state index in [1.165, 1.54) is 0 Å². The van der Waals surface area contributed by atoms with Gasteiger partial charge in [-0.05, 0) is 19.3 Å². The van der Waals surface area contributed by atoms with Gasteiger partial charge in [-0.2, -0.15) is 0 Å². The Morgan fingerprint density at radius 1 is 1.53 bits per heavy atom. The van der Waals surface area contributed by atoms with Gasteiger partial charge in [-0.15, -0.1) is 0 Å². The van der Waals surface area contributed by atoms with Crippen molar-refractivity contribution in [3.05, 3.63) is 12.7 Å². The second kappa shape index (κ2) is 4.76. The molecule has 0 spiro atoms. The van der Waals surface area contributed by atoms with E-state index >= 15 is 0 Å². The molecule has 0 aromatic heterocycles. The number of carbonyl (C=O) groups is 1. The predicted octanol–water partition coefficient (Wildman–Crippen LogP) is 0.186. The summed E-state index contributed by atoms with van der Waals surface area (Å²) in [4.78, 5) is 11.0. The van der Waals surface area contributed by atoms with Gasteiger partial charge in [0.2, 0.25) is 10.0 Å². The van der Waals surface area contributed by atoms with E-state index in [0.717, 1.165) is 18.8 Å². The molecule has 1 N–H and O–H groups in total. The SMILES string of the molecule is C=CC(=O)OC1CCCC1NS(C)(=O)=O. The summed E-state index contributed by atoms with van der Waals surface area (Å²) in [6.07, 6.45) is 4.04. The lowest BCUT2D eigenvalue weighted by Gasteiger charge is -2.19. The Morgan fingerprint density at radius 2 is 2.20 bits per heavy atom. The molecule has 0 bridgehead atoms. The standard InChI is InChI=1S/C9H15NO4S/c1-3-9(11)14-8-6-4-5-7(8)10-15(2,12)13/h3,7-8,10H,1,4-6H2,2H3. The molecule has 15 heavy (non-hydrogen) atoms. The third kappa shape index (κ3) is 4.01. The predicted molar refractivity (Wildman–Crippen MR) is 55.7 cm³/mol. The fourth-order valence-corrected chi connectivity index (χ4v) is 2.49. The molecule has 1 aliphatic rings. The number of esters is 1. The highest BCUT2D eigenvalue weighted by atomic mass is 32.2. The van der Waals surface area contributed by atoms with E-state index in [1.54, 1.807) is 0 Å². The molecule has 2 atom stereocenters. The van der Waals surface area contributed by atoms with Gasteiger partial charge < -0.3 is 4.74 Å². The second-order valence-electron chi connectivity index (χ2n) is 3.61. The average Bonchev–Trinajstić information content (AvgIpc) is 2.50. The van der Waals surface area contributed by atoms with E-state index in [2.05, 4.69) is 11.3 Å². The van der Waals surface area contributed by atoms with Crippen molar-refractivity contribution in [3.63, 3.8) is 0 Å². The van der Waals surface area contributed by atoms with E-state index in [4.69, 9.17) is 4.74 Å². The summed E-state index contributed by atoms with van der Waals surface area (Å²) in [6.45, 7) is 3.29. The highest BCUT2D eigenvalue weighted by molar-refractivity contribution is 7.88. The van der Waals surface area contributed by atoms with Crippen molar-refractivity contribution in [3.8, 4) is 0 Å². The number of carbonyl (C=O) groups excluding carboxylic acids is 1. The Labute approximate surface area is 89.5 Å². The number of ether oxygens (including phenoxy) is 1. The van der Waals surface area contributed by atoms with Crippen LogP contribution in [0.3, 0.4) is 0 Å². The van der Waals surface area contributed by atoms with Crippen LogP contribution in [0.5, 0.6) is 0 Å². The largest absolute Gasteiger partial charge is 0.458 e. The van der Waals surface area contributed by atoms with Crippen molar-refractivity contribution < 1.29 is 17.9 Å². The molecule has 1 rings (SSSR count). The molecule has 1 saturated carbocycles. The fraction of sp³-hybridized carbons (Fsp3) is 0.667. The van der Waals surface area contributed by atoms with Crippen molar-refractivity contribution >= 4 is 16.0 Å². The van der Waals surface area contributed by atoms with E-state index in [9.17, 15) is 13.2 Å². The summed E-state index contributed by atoms with van der Waals surface area (Å²) >= 11 is 0. The maximum Gasteiger partial charge on any atom is 0.330 e. The zero-order chi connectivity index (χ0) is 11.5. The smallest absolute Gasteiger partial charge is 0.330 e. The molecule has 0 aromatic carbocycles. The van der Waals surface area contributed by atoms with Crippen molar-refractivity contribution in [2.75, 3.05) is 6.26 Å². The van der Waals surface area contributed by atoms with E-state index < -0.39 is 16.0 Å². The number of nitrogens with one attached hydrogen (secondary N) is 1. The molecule has 0 saturated heterocycles. The van der Waals surface area contributed by atoms with Crippen molar-refractivity contribution in [1.82, 2.24) is 4.72 Å². The lowest BCUT2D eigenvalue weighted by Crippen LogP contribution is -2.41. The third-order valence-corrected chi connectivity index (χ3v) is 2.98. The molecule has 86 valence electrons. The highest BCUT2D eigenvalue weighted by Crippen LogP contribution is 2.22. The first-order chi connectivity index (χ1) is 6.92. The molecule has 1 fully saturated rings. The van der Waals surface area contributed by atoms with Crippen LogP contribution in [0.15, 0.2) is 12.7 Å². The quantitative estimate of drug-likeness (QED) is 0.555. The third-order valence-electron chi connectivity index (χ3n) is 2.25. The number of hydrogen-bond acceptors (Lipinski definition) is 4. The van der Waals surface area contributed by atoms with E-state index in [0.29, 0.717) is 12.8 Å². The fourth-order valence-electron chi connectivity index (χ4n) is 1.67. The minimum atomic E-state index is -3.25. The first-order valence-electron chi connectivity index (χ1n) is 4.73. The van der Waals surface area contributed by atoms with Crippen LogP contribution in [0.25, 0.3) is 0 Å². The van der Waals surface area contributed by atoms with Gasteiger partial charge in [0.05, 0.1) is 12.3 Å². The van der Waals surface area contributed by atoms with Crippen LogP contribution < -0.4 is 4.72 Å². The summed E-state index contributed by atoms with van der Waals surface area (Å²) in [5.74, 6) is -0.512. The summed E-state index contributed by atoms with van der Waals surface area (Å²) in [6, 6.07) is -0.302. The average molecular weight is 233 g/mol. The van der Waals surface area contributed by atoms with Gasteiger partial charge in [-0.3, -0.25) is 0 Å². The molecule has 0 heterocycles. The Hall–Kier alpha value is -0.880. The molecule has 0 aliphatic heterocycles. The molecular formula is C9H15NO4S. The Bertz CT molecular complexity index is 349. The van der Waals surface area contributed by atoms with Gasteiger partial charge in [0, 0.05) is 6.08 Å². The lowest BCUT2D eigenvalue weighted by molar-refractivity contribution is -0.143. The Kier molecular flexibility index (Phi) is 3.87. The maximum atomic E-state index is 11.0. The minimum Gasteiger partial charge on any atom is -0.458 e. The zero-order valence-electron chi connectivity index (χ0n) is 8.60. The normalized spacial score (nSPS) is 26.2. The van der Waals surface area contributed by atoms with Crippen LogP contribution in [0.1, 0.15) is 19.3 Å². The number of rotatable bonds is 4. The van der Waals surface area contributed by atoms with Crippen LogP contribution in [0, 0.1) is 0 Å². The van der Waals surface area contributed by atoms with E-state index in [-0.39, 0.29) is 12.1 Å². The Balaban J connectivity index is 2.57. The van der Waals surface area contributed by atoms with Crippen LogP contribution in [0.2, 0.25) is 0 Å². The maximum absolute atomic E-state index is 11.0. The summed E-state index contributed by atoms with van der Waals surface area (Å²) < 4.78 is 29.5. The molecule has 1 aliphatic carbocycles. The Morgan fingerprint density at radius 3 is 2.73 bits per heavy atom. The van der Waals surface area contributed by atoms with Crippen molar-refractivity contribution in [2.24, 2.45) is 0 Å². The van der Waals surface area contributed by atoms with Gasteiger partial charge in [-0.1, -0.05) is 6.58 Å². The van der Waals surface area contributed by atoms with Gasteiger partial charge in [0.25, 0.3) is 0 Å². The summed E-state index contributed by atoms with van der Waals surface area (Å²) in [5.41, 5.74) is 0. The van der Waals surface area contributed by atoms with Crippen LogP contribution in [-0.2, 0) is 19.6 Å². The van der Waals surface area contributed by atoms with Crippen molar-refractivity contribution in [1.29, 1.82) is 0 Å². The van der Waals surface area contributed by atoms with E-state index in [1.807, 2.05) is 0 Å². The monoisotopic (exact) mass is 233 g/mol. The first-order valence-corrected chi connectivity index (χ1v) is 6.62. The van der Waals surface area contributed by atoms with Crippen LogP contribution >= 0.6 is 0 Å². The van der Waals surface area contributed by atoms with Crippen LogP contribution in [-0.4, -0.2) is 32.8 Å². The molecule has 5 nitrogen and oxygen atoms in total. The summed E-state index contributed by atoms with van der Waals surface area (Å²) in [5, 5.41) is 0. The topological polar surface area (TPSA) is 72.5 Å². The van der Waals surface area contributed by atoms with Crippen LogP contribution in [0.4, 0.5) is 0 Å². The number of sulfonamides is 1. The number of hydrogen-bond donors (Lipinski definition) is 1. The molecule has 0 amide bonds. The molecule has 2 unspecified atom stereocenters. The summed E-state index contributed by atoms with van der Waals surface area (Å²) in [7, 11) is -3.25. The molecule has 6 heteroatoms.